The van der Waals surface area contributed by atoms with Crippen LogP contribution in [0.15, 0.2) is 23.1 Å². The third-order valence-electron chi connectivity index (χ3n) is 3.20. The Morgan fingerprint density at radius 3 is 2.41 bits per heavy atom. The molecule has 0 aliphatic carbocycles. The Bertz CT molecular complexity index is 505. The fourth-order valence-electron chi connectivity index (χ4n) is 2.03. The Kier molecular flexibility index (Phi) is 3.40. The molecule has 4 nitrogen and oxygen atoms in total. The smallest absolute Gasteiger partial charge is 0.243 e. The van der Waals surface area contributed by atoms with Crippen LogP contribution >= 0.6 is 0 Å². The van der Waals surface area contributed by atoms with Crippen molar-refractivity contribution in [3.63, 3.8) is 0 Å². The molecule has 0 saturated carbocycles. The van der Waals surface area contributed by atoms with Gasteiger partial charge in [0.15, 0.2) is 0 Å². The van der Waals surface area contributed by atoms with Gasteiger partial charge in [-0.2, -0.15) is 4.31 Å². The molecule has 5 heteroatoms. The molecule has 1 aliphatic rings. The average molecular weight is 254 g/mol. The van der Waals surface area contributed by atoms with Gasteiger partial charge in [0.2, 0.25) is 10.0 Å². The van der Waals surface area contributed by atoms with Crippen LogP contribution in [0.4, 0.5) is 5.69 Å². The number of nitrogens with zero attached hydrogens (tertiary/aromatic N) is 1. The lowest BCUT2D eigenvalue weighted by Crippen LogP contribution is -2.35. The average Bonchev–Trinajstić information content (AvgIpc) is 2.33. The summed E-state index contributed by atoms with van der Waals surface area (Å²) in [5, 5.41) is 0. The summed E-state index contributed by atoms with van der Waals surface area (Å²) < 4.78 is 26.2. The van der Waals surface area contributed by atoms with E-state index in [1.165, 1.54) is 0 Å². The standard InChI is InChI=1S/C12H18N2O2S/c1-10-5-6-11(9-12(10)13)17(15,16)14-7-3-2-4-8-14/h5-6,9H,2-4,7-8,13H2,1H3. The van der Waals surface area contributed by atoms with E-state index >= 15 is 0 Å². The minimum atomic E-state index is -3.35. The van der Waals surface area contributed by atoms with E-state index in [1.54, 1.807) is 22.5 Å². The topological polar surface area (TPSA) is 63.4 Å². The van der Waals surface area contributed by atoms with Gasteiger partial charge in [-0.05, 0) is 37.5 Å². The second kappa shape index (κ2) is 4.66. The monoisotopic (exact) mass is 254 g/mol. The Balaban J connectivity index is 2.33. The summed E-state index contributed by atoms with van der Waals surface area (Å²) in [4.78, 5) is 0.308. The molecule has 0 unspecified atom stereocenters. The highest BCUT2D eigenvalue weighted by Gasteiger charge is 2.25. The summed E-state index contributed by atoms with van der Waals surface area (Å²) >= 11 is 0. The molecule has 1 aliphatic heterocycles. The molecular formula is C12H18N2O2S. The summed E-state index contributed by atoms with van der Waals surface area (Å²) in [5.74, 6) is 0. The summed E-state index contributed by atoms with van der Waals surface area (Å²) in [6.07, 6.45) is 3.00. The van der Waals surface area contributed by atoms with Crippen molar-refractivity contribution in [1.29, 1.82) is 0 Å². The first-order valence-electron chi connectivity index (χ1n) is 5.88. The lowest BCUT2D eigenvalue weighted by molar-refractivity contribution is 0.346. The van der Waals surface area contributed by atoms with Gasteiger partial charge in [-0.1, -0.05) is 12.5 Å². The minimum absolute atomic E-state index is 0.308. The van der Waals surface area contributed by atoms with Crippen molar-refractivity contribution >= 4 is 15.7 Å². The van der Waals surface area contributed by atoms with E-state index in [4.69, 9.17) is 5.73 Å². The molecular weight excluding hydrogens is 236 g/mol. The molecule has 94 valence electrons. The van der Waals surface area contributed by atoms with E-state index in [0.717, 1.165) is 24.8 Å². The van der Waals surface area contributed by atoms with Gasteiger partial charge >= 0.3 is 0 Å². The first kappa shape index (κ1) is 12.4. The van der Waals surface area contributed by atoms with Crippen LogP contribution in [0.3, 0.4) is 0 Å². The van der Waals surface area contributed by atoms with E-state index in [1.807, 2.05) is 6.92 Å². The van der Waals surface area contributed by atoms with Crippen molar-refractivity contribution in [2.24, 2.45) is 0 Å². The molecule has 0 radical (unpaired) electrons. The first-order valence-corrected chi connectivity index (χ1v) is 7.32. The summed E-state index contributed by atoms with van der Waals surface area (Å²) in [6, 6.07) is 4.95. The molecule has 0 atom stereocenters. The maximum absolute atomic E-state index is 12.3. The number of piperidine rings is 1. The van der Waals surface area contributed by atoms with Gasteiger partial charge < -0.3 is 5.73 Å². The van der Waals surface area contributed by atoms with Crippen molar-refractivity contribution in [1.82, 2.24) is 4.31 Å². The molecule has 0 spiro atoms. The Hall–Kier alpha value is -1.07. The number of hydrogen-bond acceptors (Lipinski definition) is 3. The third-order valence-corrected chi connectivity index (χ3v) is 5.10. The third kappa shape index (κ3) is 2.45. The molecule has 0 amide bonds. The van der Waals surface area contributed by atoms with Gasteiger partial charge in [0.1, 0.15) is 0 Å². The van der Waals surface area contributed by atoms with Crippen LogP contribution in [0.25, 0.3) is 0 Å². The number of hydrogen-bond donors (Lipinski definition) is 1. The van der Waals surface area contributed by atoms with Crippen molar-refractivity contribution < 1.29 is 8.42 Å². The first-order chi connectivity index (χ1) is 8.01. The second-order valence-electron chi connectivity index (χ2n) is 4.48. The number of nitrogen functional groups attached to an aromatic ring is 1. The number of aryl methyl sites for hydroxylation is 1. The highest BCUT2D eigenvalue weighted by Crippen LogP contribution is 2.23. The van der Waals surface area contributed by atoms with Crippen LogP contribution in [0.5, 0.6) is 0 Å². The van der Waals surface area contributed by atoms with Gasteiger partial charge in [-0.3, -0.25) is 0 Å². The van der Waals surface area contributed by atoms with E-state index in [0.29, 0.717) is 23.7 Å². The van der Waals surface area contributed by atoms with Crippen molar-refractivity contribution in [3.05, 3.63) is 23.8 Å². The molecule has 2 N–H and O–H groups in total. The molecule has 1 saturated heterocycles. The molecule has 1 fully saturated rings. The molecule has 1 aromatic carbocycles. The van der Waals surface area contributed by atoms with Crippen LogP contribution in [0, 0.1) is 6.92 Å². The highest BCUT2D eigenvalue weighted by atomic mass is 32.2. The van der Waals surface area contributed by atoms with E-state index in [-0.39, 0.29) is 0 Å². The van der Waals surface area contributed by atoms with Crippen LogP contribution < -0.4 is 5.73 Å². The molecule has 1 aromatic rings. The second-order valence-corrected chi connectivity index (χ2v) is 6.42. The van der Waals surface area contributed by atoms with Gasteiger partial charge in [0.25, 0.3) is 0 Å². The maximum atomic E-state index is 12.3. The largest absolute Gasteiger partial charge is 0.398 e. The zero-order chi connectivity index (χ0) is 12.5. The van der Waals surface area contributed by atoms with E-state index < -0.39 is 10.0 Å². The number of anilines is 1. The minimum Gasteiger partial charge on any atom is -0.398 e. The fraction of sp³-hybridized carbons (Fsp3) is 0.500. The van der Waals surface area contributed by atoms with E-state index in [2.05, 4.69) is 0 Å². The number of nitrogens with two attached hydrogens (primary N) is 1. The van der Waals surface area contributed by atoms with Gasteiger partial charge in [-0.15, -0.1) is 0 Å². The Morgan fingerprint density at radius 1 is 1.18 bits per heavy atom. The molecule has 0 bridgehead atoms. The number of rotatable bonds is 2. The van der Waals surface area contributed by atoms with E-state index in [9.17, 15) is 8.42 Å². The van der Waals surface area contributed by atoms with Gasteiger partial charge in [-0.25, -0.2) is 8.42 Å². The number of sulfonamides is 1. The highest BCUT2D eigenvalue weighted by molar-refractivity contribution is 7.89. The maximum Gasteiger partial charge on any atom is 0.243 e. The van der Waals surface area contributed by atoms with Crippen LogP contribution in [0.1, 0.15) is 24.8 Å². The quantitative estimate of drug-likeness (QED) is 0.818. The molecule has 1 heterocycles. The summed E-state index contributed by atoms with van der Waals surface area (Å²) in [6.45, 7) is 3.11. The predicted molar refractivity (Wildman–Crippen MR) is 68.2 cm³/mol. The Morgan fingerprint density at radius 2 is 1.82 bits per heavy atom. The van der Waals surface area contributed by atoms with Gasteiger partial charge in [0.05, 0.1) is 4.90 Å². The molecule has 2 rings (SSSR count). The summed E-state index contributed by atoms with van der Waals surface area (Å²) in [7, 11) is -3.35. The Labute approximate surface area is 102 Å². The van der Waals surface area contributed by atoms with Crippen LogP contribution in [-0.4, -0.2) is 25.8 Å². The van der Waals surface area contributed by atoms with Crippen molar-refractivity contribution in [2.75, 3.05) is 18.8 Å². The number of benzene rings is 1. The normalized spacial score (nSPS) is 18.2. The van der Waals surface area contributed by atoms with Gasteiger partial charge in [0, 0.05) is 18.8 Å². The van der Waals surface area contributed by atoms with Crippen molar-refractivity contribution in [2.45, 2.75) is 31.1 Å². The summed E-state index contributed by atoms with van der Waals surface area (Å²) in [5.41, 5.74) is 7.20. The lowest BCUT2D eigenvalue weighted by Gasteiger charge is -2.26. The van der Waals surface area contributed by atoms with Crippen molar-refractivity contribution in [3.8, 4) is 0 Å². The lowest BCUT2D eigenvalue weighted by atomic mass is 10.2. The zero-order valence-electron chi connectivity index (χ0n) is 10.0. The molecule has 17 heavy (non-hydrogen) atoms. The van der Waals surface area contributed by atoms with Crippen LogP contribution in [0.2, 0.25) is 0 Å². The SMILES string of the molecule is Cc1ccc(S(=O)(=O)N2CCCCC2)cc1N. The molecule has 0 aromatic heterocycles. The predicted octanol–water partition coefficient (Wildman–Crippen LogP) is 1.75. The fourth-order valence-corrected chi connectivity index (χ4v) is 3.59. The van der Waals surface area contributed by atoms with Crippen LogP contribution in [-0.2, 0) is 10.0 Å². The zero-order valence-corrected chi connectivity index (χ0v) is 10.8.